The smallest absolute Gasteiger partial charge is 0.255 e. The number of nitrogens with zero attached hydrogens (tertiary/aromatic N) is 2. The van der Waals surface area contributed by atoms with E-state index in [0.717, 1.165) is 48.3 Å². The molecule has 0 spiro atoms. The second-order valence-corrected chi connectivity index (χ2v) is 9.07. The summed E-state index contributed by atoms with van der Waals surface area (Å²) in [6.07, 6.45) is 0.401. The van der Waals surface area contributed by atoms with Gasteiger partial charge in [-0.15, -0.1) is 0 Å². The Labute approximate surface area is 195 Å². The number of amides is 2. The molecule has 2 saturated heterocycles. The zero-order valence-electron chi connectivity index (χ0n) is 19.1. The summed E-state index contributed by atoms with van der Waals surface area (Å²) in [7, 11) is 0. The van der Waals surface area contributed by atoms with Crippen molar-refractivity contribution >= 4 is 17.5 Å². The Kier molecular flexibility index (Phi) is 7.30. The maximum Gasteiger partial charge on any atom is 0.255 e. The molecular formula is C26H33N3O4. The molecule has 0 aromatic heterocycles. The van der Waals surface area contributed by atoms with E-state index in [1.54, 1.807) is 4.90 Å². The number of benzene rings is 2. The minimum atomic E-state index is -1.82. The fourth-order valence-corrected chi connectivity index (χ4v) is 4.80. The van der Waals surface area contributed by atoms with Gasteiger partial charge in [-0.2, -0.15) is 0 Å². The van der Waals surface area contributed by atoms with Crippen LogP contribution in [0, 0.1) is 6.92 Å². The first-order valence-electron chi connectivity index (χ1n) is 11.8. The molecule has 0 aliphatic carbocycles. The Morgan fingerprint density at radius 3 is 2.42 bits per heavy atom. The molecule has 2 aromatic rings. The van der Waals surface area contributed by atoms with E-state index in [-0.39, 0.29) is 12.6 Å². The monoisotopic (exact) mass is 451 g/mol. The molecule has 2 amide bonds. The van der Waals surface area contributed by atoms with E-state index < -0.39 is 24.0 Å². The van der Waals surface area contributed by atoms with Crippen LogP contribution in [0.4, 0.5) is 5.69 Å². The van der Waals surface area contributed by atoms with Crippen LogP contribution in [0.2, 0.25) is 0 Å². The van der Waals surface area contributed by atoms with Crippen molar-refractivity contribution < 1.29 is 19.8 Å². The lowest BCUT2D eigenvalue weighted by Gasteiger charge is -2.28. The SMILES string of the molecule is Cc1cccc([C@@H]2CCCN2C(=O)[C@H](O)[C@@H](O)C(=O)NCc2ccc(N3CCCC3)cc2)c1. The van der Waals surface area contributed by atoms with Gasteiger partial charge in [-0.3, -0.25) is 9.59 Å². The Bertz CT molecular complexity index is 972. The molecule has 0 unspecified atom stereocenters. The average Bonchev–Trinajstić information content (AvgIpc) is 3.54. The summed E-state index contributed by atoms with van der Waals surface area (Å²) in [5.41, 5.74) is 4.15. The second-order valence-electron chi connectivity index (χ2n) is 9.07. The zero-order valence-corrected chi connectivity index (χ0v) is 19.1. The van der Waals surface area contributed by atoms with Gasteiger partial charge in [0.2, 0.25) is 0 Å². The lowest BCUT2D eigenvalue weighted by atomic mass is 10.0. The number of aryl methyl sites for hydroxylation is 1. The maximum atomic E-state index is 12.9. The van der Waals surface area contributed by atoms with Crippen molar-refractivity contribution in [3.05, 3.63) is 65.2 Å². The largest absolute Gasteiger partial charge is 0.380 e. The molecule has 2 heterocycles. The van der Waals surface area contributed by atoms with E-state index in [1.165, 1.54) is 12.8 Å². The molecule has 7 nitrogen and oxygen atoms in total. The molecule has 2 fully saturated rings. The average molecular weight is 452 g/mol. The van der Waals surface area contributed by atoms with Gasteiger partial charge in [0.15, 0.2) is 12.2 Å². The summed E-state index contributed by atoms with van der Waals surface area (Å²) in [6.45, 7) is 4.83. The molecule has 0 bridgehead atoms. The van der Waals surface area contributed by atoms with E-state index in [4.69, 9.17) is 0 Å². The topological polar surface area (TPSA) is 93.1 Å². The highest BCUT2D eigenvalue weighted by atomic mass is 16.3. The van der Waals surface area contributed by atoms with Crippen molar-refractivity contribution in [2.75, 3.05) is 24.5 Å². The van der Waals surface area contributed by atoms with Crippen LogP contribution in [-0.2, 0) is 16.1 Å². The van der Waals surface area contributed by atoms with Crippen molar-refractivity contribution in [2.24, 2.45) is 0 Å². The number of likely N-dealkylation sites (tertiary alicyclic amines) is 1. The number of carbonyl (C=O) groups excluding carboxylic acids is 2. The van der Waals surface area contributed by atoms with Gasteiger partial charge in [0.1, 0.15) is 0 Å². The van der Waals surface area contributed by atoms with Crippen LogP contribution in [0.3, 0.4) is 0 Å². The molecule has 2 aliphatic heterocycles. The van der Waals surface area contributed by atoms with Crippen LogP contribution in [-0.4, -0.2) is 58.8 Å². The molecule has 0 radical (unpaired) electrons. The maximum absolute atomic E-state index is 12.9. The summed E-state index contributed by atoms with van der Waals surface area (Å²) in [6, 6.07) is 15.7. The van der Waals surface area contributed by atoms with E-state index in [2.05, 4.69) is 10.2 Å². The Morgan fingerprint density at radius 2 is 1.73 bits per heavy atom. The summed E-state index contributed by atoms with van der Waals surface area (Å²) < 4.78 is 0. The highest BCUT2D eigenvalue weighted by Crippen LogP contribution is 2.33. The Hall–Kier alpha value is -2.90. The van der Waals surface area contributed by atoms with E-state index in [0.29, 0.717) is 6.54 Å². The van der Waals surface area contributed by atoms with Crippen molar-refractivity contribution in [3.8, 4) is 0 Å². The van der Waals surface area contributed by atoms with Gasteiger partial charge in [0.05, 0.1) is 6.04 Å². The minimum Gasteiger partial charge on any atom is -0.380 e. The molecular weight excluding hydrogens is 418 g/mol. The molecule has 3 atom stereocenters. The van der Waals surface area contributed by atoms with Crippen LogP contribution in [0.25, 0.3) is 0 Å². The van der Waals surface area contributed by atoms with Gasteiger partial charge in [0, 0.05) is 31.9 Å². The number of rotatable bonds is 7. The third kappa shape index (κ3) is 5.37. The fourth-order valence-electron chi connectivity index (χ4n) is 4.80. The van der Waals surface area contributed by atoms with Gasteiger partial charge in [-0.1, -0.05) is 42.0 Å². The van der Waals surface area contributed by atoms with Crippen molar-refractivity contribution in [3.63, 3.8) is 0 Å². The molecule has 176 valence electrons. The van der Waals surface area contributed by atoms with Crippen LogP contribution in [0.15, 0.2) is 48.5 Å². The predicted molar refractivity (Wildman–Crippen MR) is 127 cm³/mol. The minimum absolute atomic E-state index is 0.156. The van der Waals surface area contributed by atoms with E-state index in [9.17, 15) is 19.8 Å². The number of aliphatic hydroxyl groups is 2. The number of nitrogens with one attached hydrogen (secondary N) is 1. The molecule has 0 saturated carbocycles. The number of hydrogen-bond donors (Lipinski definition) is 3. The van der Waals surface area contributed by atoms with Gasteiger partial charge in [-0.25, -0.2) is 0 Å². The third-order valence-electron chi connectivity index (χ3n) is 6.66. The van der Waals surface area contributed by atoms with Crippen LogP contribution < -0.4 is 10.2 Å². The highest BCUT2D eigenvalue weighted by Gasteiger charge is 2.38. The van der Waals surface area contributed by atoms with Crippen molar-refractivity contribution in [1.82, 2.24) is 10.2 Å². The van der Waals surface area contributed by atoms with Gasteiger partial charge in [-0.05, 0) is 55.9 Å². The van der Waals surface area contributed by atoms with Gasteiger partial charge < -0.3 is 25.3 Å². The Morgan fingerprint density at radius 1 is 1.00 bits per heavy atom. The Balaban J connectivity index is 1.32. The highest BCUT2D eigenvalue weighted by molar-refractivity contribution is 5.91. The summed E-state index contributed by atoms with van der Waals surface area (Å²) in [4.78, 5) is 29.3. The van der Waals surface area contributed by atoms with Crippen molar-refractivity contribution in [1.29, 1.82) is 0 Å². The van der Waals surface area contributed by atoms with E-state index in [1.807, 2.05) is 55.5 Å². The van der Waals surface area contributed by atoms with Gasteiger partial charge >= 0.3 is 0 Å². The summed E-state index contributed by atoms with van der Waals surface area (Å²) in [5, 5.41) is 23.5. The lowest BCUT2D eigenvalue weighted by Crippen LogP contribution is -2.50. The normalized spacial score (nSPS) is 20.0. The predicted octanol–water partition coefficient (Wildman–Crippen LogP) is 2.30. The fraction of sp³-hybridized carbons (Fsp3) is 0.462. The number of hydrogen-bond acceptors (Lipinski definition) is 5. The molecule has 3 N–H and O–H groups in total. The van der Waals surface area contributed by atoms with Crippen LogP contribution in [0.1, 0.15) is 48.4 Å². The molecule has 4 rings (SSSR count). The summed E-state index contributed by atoms with van der Waals surface area (Å²) >= 11 is 0. The van der Waals surface area contributed by atoms with Crippen LogP contribution in [0.5, 0.6) is 0 Å². The lowest BCUT2D eigenvalue weighted by molar-refractivity contribution is -0.153. The van der Waals surface area contributed by atoms with Crippen LogP contribution >= 0.6 is 0 Å². The first kappa shape index (κ1) is 23.3. The van der Waals surface area contributed by atoms with Gasteiger partial charge in [0.25, 0.3) is 11.8 Å². The number of aliphatic hydroxyl groups excluding tert-OH is 2. The number of carbonyl (C=O) groups is 2. The third-order valence-corrected chi connectivity index (χ3v) is 6.66. The molecule has 2 aromatic carbocycles. The first-order valence-corrected chi connectivity index (χ1v) is 11.8. The zero-order chi connectivity index (χ0) is 23.4. The standard InChI is InChI=1S/C26H33N3O4/c1-18-6-4-7-20(16-18)22-8-5-15-29(22)26(33)24(31)23(30)25(32)27-17-19-9-11-21(12-10-19)28-13-2-3-14-28/h4,6-7,9-12,16,22-24,30-31H,2-3,5,8,13-15,17H2,1H3,(H,27,32)/t22-,23+,24+/m0/s1. The van der Waals surface area contributed by atoms with Crippen molar-refractivity contribution in [2.45, 2.75) is 57.4 Å². The molecule has 33 heavy (non-hydrogen) atoms. The second kappa shape index (κ2) is 10.4. The first-order chi connectivity index (χ1) is 15.9. The molecule has 7 heteroatoms. The van der Waals surface area contributed by atoms with E-state index >= 15 is 0 Å². The summed E-state index contributed by atoms with van der Waals surface area (Å²) in [5.74, 6) is -1.37. The quantitative estimate of drug-likeness (QED) is 0.601. The number of anilines is 1. The molecule has 2 aliphatic rings.